The fourth-order valence-electron chi connectivity index (χ4n) is 3.29. The number of hydrogen-bond acceptors (Lipinski definition) is 4. The Balaban J connectivity index is 1.60. The third-order valence-corrected chi connectivity index (χ3v) is 6.70. The van der Waals surface area contributed by atoms with Crippen molar-refractivity contribution >= 4 is 8.38 Å². The summed E-state index contributed by atoms with van der Waals surface area (Å²) >= 11 is 0. The quantitative estimate of drug-likeness (QED) is 0.498. The van der Waals surface area contributed by atoms with Crippen LogP contribution in [-0.4, -0.2) is 33.6 Å². The minimum absolute atomic E-state index is 0.101. The first-order valence-electron chi connectivity index (χ1n) is 9.76. The Morgan fingerprint density at radius 2 is 1.50 bits per heavy atom. The first-order chi connectivity index (χ1) is 13.4. The van der Waals surface area contributed by atoms with Crippen molar-refractivity contribution in [2.75, 3.05) is 33.6 Å². The van der Waals surface area contributed by atoms with E-state index in [-0.39, 0.29) is 10.8 Å². The van der Waals surface area contributed by atoms with Gasteiger partial charge < -0.3 is 18.5 Å². The van der Waals surface area contributed by atoms with E-state index in [1.165, 1.54) is 11.1 Å². The summed E-state index contributed by atoms with van der Waals surface area (Å²) < 4.78 is 22.6. The zero-order valence-electron chi connectivity index (χ0n) is 17.5. The molecule has 0 radical (unpaired) electrons. The summed E-state index contributed by atoms with van der Waals surface area (Å²) in [6.07, 6.45) is 1.07. The summed E-state index contributed by atoms with van der Waals surface area (Å²) in [5.41, 5.74) is 2.57. The van der Waals surface area contributed by atoms with Crippen molar-refractivity contribution in [1.29, 1.82) is 0 Å². The smallest absolute Gasteiger partial charge is 0.226 e. The van der Waals surface area contributed by atoms with Crippen molar-refractivity contribution in [3.05, 3.63) is 59.7 Å². The van der Waals surface area contributed by atoms with E-state index in [9.17, 15) is 0 Å². The molecule has 28 heavy (non-hydrogen) atoms. The van der Waals surface area contributed by atoms with Crippen LogP contribution < -0.4 is 9.26 Å². The monoisotopic (exact) mass is 402 g/mol. The highest BCUT2D eigenvalue weighted by molar-refractivity contribution is 7.46. The van der Waals surface area contributed by atoms with Crippen molar-refractivity contribution in [2.45, 2.75) is 32.6 Å². The molecule has 1 aliphatic heterocycles. The number of rotatable bonds is 9. The SMILES string of the molecule is CCC1(COP(C)Oc2ccc(C(C)(C)c3ccc(OC)cc3)cc2)COC1. The molecule has 5 heteroatoms. The summed E-state index contributed by atoms with van der Waals surface area (Å²) in [4.78, 5) is 0. The van der Waals surface area contributed by atoms with Crippen LogP contribution in [0, 0.1) is 5.41 Å². The van der Waals surface area contributed by atoms with Gasteiger partial charge in [-0.05, 0) is 41.8 Å². The van der Waals surface area contributed by atoms with Crippen LogP contribution in [-0.2, 0) is 14.7 Å². The lowest BCUT2D eigenvalue weighted by Gasteiger charge is -2.40. The minimum Gasteiger partial charge on any atom is -0.497 e. The third kappa shape index (κ3) is 4.68. The molecule has 3 rings (SSSR count). The molecule has 0 aliphatic carbocycles. The Hall–Kier alpha value is -1.61. The second kappa shape index (κ2) is 8.82. The Bertz CT molecular complexity index is 746. The van der Waals surface area contributed by atoms with Crippen molar-refractivity contribution in [3.8, 4) is 11.5 Å². The van der Waals surface area contributed by atoms with E-state index in [1.54, 1.807) is 7.11 Å². The molecular weight excluding hydrogens is 371 g/mol. The van der Waals surface area contributed by atoms with E-state index >= 15 is 0 Å². The molecule has 1 fully saturated rings. The average molecular weight is 402 g/mol. The summed E-state index contributed by atoms with van der Waals surface area (Å²) in [7, 11) is 0.732. The van der Waals surface area contributed by atoms with E-state index in [4.69, 9.17) is 18.5 Å². The molecule has 1 saturated heterocycles. The molecule has 1 heterocycles. The fourth-order valence-corrected chi connectivity index (χ4v) is 4.22. The van der Waals surface area contributed by atoms with Gasteiger partial charge in [0.05, 0.1) is 26.9 Å². The van der Waals surface area contributed by atoms with E-state index in [2.05, 4.69) is 45.0 Å². The number of benzene rings is 2. The first-order valence-corrected chi connectivity index (χ1v) is 11.4. The standard InChI is InChI=1S/C23H31O4P/c1-6-23(15-25-16-23)17-26-28(5)27-21-13-9-19(10-14-21)22(2,3)18-7-11-20(24-4)12-8-18/h7-14H,6,15-17H2,1-5H3. The van der Waals surface area contributed by atoms with Crippen LogP contribution in [0.2, 0.25) is 0 Å². The molecule has 1 aliphatic rings. The number of ether oxygens (including phenoxy) is 2. The molecule has 0 saturated carbocycles. The zero-order valence-corrected chi connectivity index (χ0v) is 18.4. The molecule has 2 aromatic rings. The van der Waals surface area contributed by atoms with Gasteiger partial charge in [0.1, 0.15) is 11.5 Å². The van der Waals surface area contributed by atoms with Gasteiger partial charge in [0.25, 0.3) is 0 Å². The molecule has 0 N–H and O–H groups in total. The maximum absolute atomic E-state index is 6.01. The molecular formula is C23H31O4P. The van der Waals surface area contributed by atoms with Crippen LogP contribution in [0.5, 0.6) is 11.5 Å². The number of methoxy groups -OCH3 is 1. The lowest BCUT2D eigenvalue weighted by molar-refractivity contribution is -0.133. The highest BCUT2D eigenvalue weighted by Gasteiger charge is 2.37. The highest BCUT2D eigenvalue weighted by atomic mass is 31.2. The lowest BCUT2D eigenvalue weighted by atomic mass is 9.78. The fraction of sp³-hybridized carbons (Fsp3) is 0.478. The van der Waals surface area contributed by atoms with Crippen molar-refractivity contribution in [1.82, 2.24) is 0 Å². The van der Waals surface area contributed by atoms with E-state index in [0.29, 0.717) is 6.61 Å². The molecule has 152 valence electrons. The second-order valence-corrected chi connectivity index (χ2v) is 9.35. The van der Waals surface area contributed by atoms with Crippen LogP contribution >= 0.6 is 8.38 Å². The van der Waals surface area contributed by atoms with Gasteiger partial charge in [0.15, 0.2) is 0 Å². The molecule has 1 unspecified atom stereocenters. The summed E-state index contributed by atoms with van der Waals surface area (Å²) in [6, 6.07) is 16.6. The average Bonchev–Trinajstić information content (AvgIpc) is 2.68. The normalized spacial score (nSPS) is 16.9. The summed E-state index contributed by atoms with van der Waals surface area (Å²) in [6.45, 7) is 10.9. The molecule has 2 aromatic carbocycles. The Kier molecular flexibility index (Phi) is 6.65. The summed E-state index contributed by atoms with van der Waals surface area (Å²) in [5, 5.41) is 0. The second-order valence-electron chi connectivity index (χ2n) is 8.03. The van der Waals surface area contributed by atoms with Crippen molar-refractivity contribution < 1.29 is 18.5 Å². The lowest BCUT2D eigenvalue weighted by Crippen LogP contribution is -2.45. The van der Waals surface area contributed by atoms with Crippen LogP contribution in [0.3, 0.4) is 0 Å². The molecule has 0 aromatic heterocycles. The Morgan fingerprint density at radius 3 is 1.93 bits per heavy atom. The molecule has 4 nitrogen and oxygen atoms in total. The van der Waals surface area contributed by atoms with E-state index in [1.807, 2.05) is 30.9 Å². The van der Waals surface area contributed by atoms with Crippen LogP contribution in [0.15, 0.2) is 48.5 Å². The predicted octanol–water partition coefficient (Wildman–Crippen LogP) is 5.78. The topological polar surface area (TPSA) is 36.9 Å². The van der Waals surface area contributed by atoms with Crippen LogP contribution in [0.25, 0.3) is 0 Å². The largest absolute Gasteiger partial charge is 0.497 e. The molecule has 0 bridgehead atoms. The first kappa shape index (κ1) is 21.1. The molecule has 1 atom stereocenters. The van der Waals surface area contributed by atoms with Gasteiger partial charge in [-0.25, -0.2) is 0 Å². The van der Waals surface area contributed by atoms with Gasteiger partial charge in [-0.2, -0.15) is 0 Å². The third-order valence-electron chi connectivity index (χ3n) is 5.74. The summed E-state index contributed by atoms with van der Waals surface area (Å²) in [5.74, 6) is 1.72. The van der Waals surface area contributed by atoms with E-state index in [0.717, 1.165) is 31.1 Å². The Morgan fingerprint density at radius 1 is 0.964 bits per heavy atom. The van der Waals surface area contributed by atoms with E-state index < -0.39 is 8.38 Å². The van der Waals surface area contributed by atoms with Gasteiger partial charge in [0.2, 0.25) is 8.38 Å². The Labute approximate surface area is 170 Å². The maximum atomic E-state index is 6.01. The highest BCUT2D eigenvalue weighted by Crippen LogP contribution is 2.41. The molecule has 0 amide bonds. The van der Waals surface area contributed by atoms with Crippen molar-refractivity contribution in [2.24, 2.45) is 5.41 Å². The van der Waals surface area contributed by atoms with Crippen LogP contribution in [0.4, 0.5) is 0 Å². The van der Waals surface area contributed by atoms with Gasteiger partial charge in [-0.3, -0.25) is 0 Å². The number of hydrogen-bond donors (Lipinski definition) is 0. The van der Waals surface area contributed by atoms with Gasteiger partial charge in [-0.1, -0.05) is 45.0 Å². The predicted molar refractivity (Wildman–Crippen MR) is 115 cm³/mol. The molecule has 0 spiro atoms. The van der Waals surface area contributed by atoms with Gasteiger partial charge in [-0.15, -0.1) is 0 Å². The minimum atomic E-state index is -0.955. The van der Waals surface area contributed by atoms with Gasteiger partial charge in [0, 0.05) is 17.5 Å². The zero-order chi connectivity index (χ0) is 20.2. The van der Waals surface area contributed by atoms with Crippen LogP contribution in [0.1, 0.15) is 38.3 Å². The maximum Gasteiger partial charge on any atom is 0.226 e. The van der Waals surface area contributed by atoms with Gasteiger partial charge >= 0.3 is 0 Å². The van der Waals surface area contributed by atoms with Crippen molar-refractivity contribution in [3.63, 3.8) is 0 Å².